The van der Waals surface area contributed by atoms with E-state index in [1.54, 1.807) is 13.8 Å². The highest BCUT2D eigenvalue weighted by Gasteiger charge is 2.64. The minimum absolute atomic E-state index is 0.0510. The molecule has 0 bridgehead atoms. The van der Waals surface area contributed by atoms with Crippen LogP contribution >= 0.6 is 0 Å². The molecule has 3 amide bonds. The van der Waals surface area contributed by atoms with E-state index in [0.717, 1.165) is 0 Å². The van der Waals surface area contributed by atoms with Gasteiger partial charge in [-0.05, 0) is 24.7 Å². The predicted molar refractivity (Wildman–Crippen MR) is 122 cm³/mol. The van der Waals surface area contributed by atoms with Crippen molar-refractivity contribution in [3.63, 3.8) is 0 Å². The third kappa shape index (κ3) is 7.59. The molecular weight excluding hydrogens is 507 g/mol. The van der Waals surface area contributed by atoms with Gasteiger partial charge in [0.2, 0.25) is 23.5 Å². The van der Waals surface area contributed by atoms with Gasteiger partial charge < -0.3 is 20.3 Å². The van der Waals surface area contributed by atoms with Crippen LogP contribution in [-0.4, -0.2) is 103 Å². The normalized spacial score (nSPS) is 21.2. The van der Waals surface area contributed by atoms with Crippen LogP contribution in [-0.2, 0) is 23.9 Å². The highest BCUT2D eigenvalue weighted by atomic mass is 19.4. The van der Waals surface area contributed by atoms with Gasteiger partial charge in [0.15, 0.2) is 0 Å². The van der Waals surface area contributed by atoms with Gasteiger partial charge in [0.25, 0.3) is 0 Å². The van der Waals surface area contributed by atoms with Gasteiger partial charge in [-0.1, -0.05) is 27.7 Å². The zero-order valence-corrected chi connectivity index (χ0v) is 21.4. The smallest absolute Gasteiger partial charge is 0.379 e. The number of rotatable bonds is 10. The van der Waals surface area contributed by atoms with Gasteiger partial charge in [-0.25, -0.2) is 0 Å². The number of alkyl halides is 5. The zero-order valence-electron chi connectivity index (χ0n) is 21.4. The Bertz CT molecular complexity index is 846. The molecule has 0 spiro atoms. The Morgan fingerprint density at radius 2 is 1.46 bits per heavy atom. The number of halogens is 5. The molecule has 37 heavy (non-hydrogen) atoms. The molecule has 14 heteroatoms. The maximum atomic E-state index is 13.7. The molecule has 2 aliphatic heterocycles. The maximum absolute atomic E-state index is 13.7. The molecule has 212 valence electrons. The number of Topliss-reactive ketones (excluding diaryl/α,β-unsaturated/α-hetero) is 1. The van der Waals surface area contributed by atoms with Gasteiger partial charge >= 0.3 is 12.1 Å². The maximum Gasteiger partial charge on any atom is 0.461 e. The lowest BCUT2D eigenvalue weighted by Gasteiger charge is -2.33. The summed E-state index contributed by atoms with van der Waals surface area (Å²) in [6.07, 6.45) is -5.62. The van der Waals surface area contributed by atoms with Crippen LogP contribution in [0.2, 0.25) is 0 Å². The Kier molecular flexibility index (Phi) is 10.4. The molecule has 0 aromatic carbocycles. The number of likely N-dealkylation sites (tertiary alicyclic amines) is 1. The molecule has 0 aromatic rings. The standard InChI is InChI=1S/C23H35F5N4O5/c1-13(2)17(19(34)22(24,25)23(26,27)28)30-20(35)15-6-5-7-32(15)21(36)18(14(3)4)29-16(33)12-31-8-10-37-11-9-31/h13-15,17-18H,5-12H2,1-4H3,(H,29,33)(H,30,35)/t15-,17?,18-/m0/s1. The third-order valence-corrected chi connectivity index (χ3v) is 6.47. The van der Waals surface area contributed by atoms with Crippen molar-refractivity contribution in [2.45, 2.75) is 70.8 Å². The fraction of sp³-hybridized carbons (Fsp3) is 0.826. The number of morpholine rings is 1. The molecule has 0 aliphatic carbocycles. The largest absolute Gasteiger partial charge is 0.461 e. The first-order valence-electron chi connectivity index (χ1n) is 12.3. The molecule has 0 aromatic heterocycles. The number of ether oxygens (including phenoxy) is 1. The van der Waals surface area contributed by atoms with E-state index in [0.29, 0.717) is 32.7 Å². The summed E-state index contributed by atoms with van der Waals surface area (Å²) in [5.74, 6) is -11.5. The predicted octanol–water partition coefficient (Wildman–Crippen LogP) is 1.36. The molecule has 2 saturated heterocycles. The van der Waals surface area contributed by atoms with Crippen LogP contribution in [0.1, 0.15) is 40.5 Å². The summed E-state index contributed by atoms with van der Waals surface area (Å²) in [5, 5.41) is 4.71. The van der Waals surface area contributed by atoms with Crippen molar-refractivity contribution < 1.29 is 45.9 Å². The van der Waals surface area contributed by atoms with Crippen molar-refractivity contribution in [2.24, 2.45) is 11.8 Å². The second-order valence-electron chi connectivity index (χ2n) is 10.0. The molecule has 3 atom stereocenters. The fourth-order valence-electron chi connectivity index (χ4n) is 4.30. The van der Waals surface area contributed by atoms with E-state index in [4.69, 9.17) is 4.74 Å². The molecule has 0 saturated carbocycles. The van der Waals surface area contributed by atoms with Crippen molar-refractivity contribution >= 4 is 23.5 Å². The van der Waals surface area contributed by atoms with E-state index in [1.165, 1.54) is 18.7 Å². The number of carbonyl (C=O) groups excluding carboxylic acids is 4. The summed E-state index contributed by atoms with van der Waals surface area (Å²) in [5.41, 5.74) is 0. The molecular formula is C23H35F5N4O5. The van der Waals surface area contributed by atoms with Crippen molar-refractivity contribution in [2.75, 3.05) is 39.4 Å². The summed E-state index contributed by atoms with van der Waals surface area (Å²) in [6.45, 7) is 8.13. The second kappa shape index (κ2) is 12.5. The van der Waals surface area contributed by atoms with Crippen molar-refractivity contribution in [3.05, 3.63) is 0 Å². The molecule has 2 heterocycles. The van der Waals surface area contributed by atoms with Crippen molar-refractivity contribution in [1.29, 1.82) is 0 Å². The van der Waals surface area contributed by atoms with Gasteiger partial charge in [0, 0.05) is 19.6 Å². The molecule has 2 N–H and O–H groups in total. The Morgan fingerprint density at radius 3 is 1.97 bits per heavy atom. The highest BCUT2D eigenvalue weighted by molar-refractivity contribution is 5.97. The first kappa shape index (κ1) is 30.9. The lowest BCUT2D eigenvalue weighted by molar-refractivity contribution is -0.270. The summed E-state index contributed by atoms with van der Waals surface area (Å²) in [6, 6.07) is -4.28. The first-order valence-corrected chi connectivity index (χ1v) is 12.3. The SMILES string of the molecule is CC(C)C(NC(=O)[C@@H]1CCCN1C(=O)[C@@H](NC(=O)CN1CCOCC1)C(C)C)C(=O)C(F)(F)C(F)(F)F. The molecule has 0 radical (unpaired) electrons. The van der Waals surface area contributed by atoms with Crippen LogP contribution in [0.25, 0.3) is 0 Å². The first-order chi connectivity index (χ1) is 17.1. The minimum Gasteiger partial charge on any atom is -0.379 e. The summed E-state index contributed by atoms with van der Waals surface area (Å²) in [7, 11) is 0. The Morgan fingerprint density at radius 1 is 0.892 bits per heavy atom. The third-order valence-electron chi connectivity index (χ3n) is 6.47. The zero-order chi connectivity index (χ0) is 28.1. The minimum atomic E-state index is -6.11. The molecule has 1 unspecified atom stereocenters. The molecule has 2 rings (SSSR count). The van der Waals surface area contributed by atoms with Gasteiger partial charge in [0.1, 0.15) is 12.1 Å². The van der Waals surface area contributed by atoms with Crippen molar-refractivity contribution in [1.82, 2.24) is 20.4 Å². The van der Waals surface area contributed by atoms with Crippen LogP contribution in [0.3, 0.4) is 0 Å². The van der Waals surface area contributed by atoms with Gasteiger partial charge in [-0.2, -0.15) is 22.0 Å². The van der Waals surface area contributed by atoms with Crippen LogP contribution in [0.5, 0.6) is 0 Å². The topological polar surface area (TPSA) is 108 Å². The Balaban J connectivity index is 2.12. The van der Waals surface area contributed by atoms with E-state index in [9.17, 15) is 41.1 Å². The lowest BCUT2D eigenvalue weighted by Crippen LogP contribution is -2.60. The average Bonchev–Trinajstić information content (AvgIpc) is 3.29. The van der Waals surface area contributed by atoms with Crippen molar-refractivity contribution in [3.8, 4) is 0 Å². The number of carbonyl (C=O) groups is 4. The molecule has 2 fully saturated rings. The van der Waals surface area contributed by atoms with Crippen LogP contribution in [0.15, 0.2) is 0 Å². The summed E-state index contributed by atoms with van der Waals surface area (Å²) >= 11 is 0. The van der Waals surface area contributed by atoms with E-state index in [-0.39, 0.29) is 25.4 Å². The number of amides is 3. The van der Waals surface area contributed by atoms with E-state index in [1.807, 2.05) is 10.2 Å². The Hall–Kier alpha value is -2.35. The van der Waals surface area contributed by atoms with Gasteiger partial charge in [0.05, 0.1) is 25.8 Å². The lowest BCUT2D eigenvalue weighted by atomic mass is 9.95. The number of nitrogens with zero attached hydrogens (tertiary/aromatic N) is 2. The van der Waals surface area contributed by atoms with Gasteiger partial charge in [-0.3, -0.25) is 24.1 Å². The fourth-order valence-corrected chi connectivity index (χ4v) is 4.30. The van der Waals surface area contributed by atoms with Crippen LogP contribution in [0, 0.1) is 11.8 Å². The average molecular weight is 543 g/mol. The van der Waals surface area contributed by atoms with Crippen LogP contribution in [0.4, 0.5) is 22.0 Å². The Labute approximate surface area is 212 Å². The van der Waals surface area contributed by atoms with E-state index in [2.05, 4.69) is 5.32 Å². The highest BCUT2D eigenvalue weighted by Crippen LogP contribution is 2.37. The van der Waals surface area contributed by atoms with E-state index < -0.39 is 59.6 Å². The quantitative estimate of drug-likeness (QED) is 0.404. The van der Waals surface area contributed by atoms with Crippen LogP contribution < -0.4 is 10.6 Å². The number of nitrogens with one attached hydrogen (secondary N) is 2. The van der Waals surface area contributed by atoms with Gasteiger partial charge in [-0.15, -0.1) is 0 Å². The summed E-state index contributed by atoms with van der Waals surface area (Å²) in [4.78, 5) is 54.0. The summed E-state index contributed by atoms with van der Waals surface area (Å²) < 4.78 is 70.9. The molecule has 2 aliphatic rings. The molecule has 9 nitrogen and oxygen atoms in total. The number of hydrogen-bond donors (Lipinski definition) is 2. The monoisotopic (exact) mass is 542 g/mol. The second-order valence-corrected chi connectivity index (χ2v) is 10.0. The van der Waals surface area contributed by atoms with E-state index >= 15 is 0 Å². The number of hydrogen-bond acceptors (Lipinski definition) is 6. The number of ketones is 1.